The number of carbonyl (C=O) groups is 1. The highest BCUT2D eigenvalue weighted by Crippen LogP contribution is 2.43. The van der Waals surface area contributed by atoms with Gasteiger partial charge in [-0.3, -0.25) is 9.89 Å². The second-order valence-corrected chi connectivity index (χ2v) is 9.84. The first kappa shape index (κ1) is 26.4. The van der Waals surface area contributed by atoms with Crippen LogP contribution in [0.4, 0.5) is 0 Å². The molecule has 3 aromatic carbocycles. The van der Waals surface area contributed by atoms with Crippen molar-refractivity contribution in [3.8, 4) is 28.5 Å². The fourth-order valence-electron chi connectivity index (χ4n) is 5.07. The molecule has 0 saturated carbocycles. The Morgan fingerprint density at radius 1 is 0.949 bits per heavy atom. The van der Waals surface area contributed by atoms with Gasteiger partial charge in [0.2, 0.25) is 0 Å². The van der Waals surface area contributed by atoms with Crippen molar-refractivity contribution in [2.45, 2.75) is 39.2 Å². The highest BCUT2D eigenvalue weighted by atomic mass is 16.5. The number of H-pyrrole nitrogens is 1. The molecule has 0 bridgehead atoms. The summed E-state index contributed by atoms with van der Waals surface area (Å²) in [7, 11) is 3.25. The first-order valence-electron chi connectivity index (χ1n) is 13.4. The summed E-state index contributed by atoms with van der Waals surface area (Å²) >= 11 is 0. The average Bonchev–Trinajstić information content (AvgIpc) is 3.51. The number of benzene rings is 3. The number of aryl methyl sites for hydroxylation is 1. The molecule has 7 heteroatoms. The van der Waals surface area contributed by atoms with Crippen molar-refractivity contribution < 1.29 is 19.0 Å². The maximum atomic E-state index is 13.8. The van der Waals surface area contributed by atoms with Crippen molar-refractivity contribution in [1.29, 1.82) is 0 Å². The van der Waals surface area contributed by atoms with E-state index in [2.05, 4.69) is 60.4 Å². The van der Waals surface area contributed by atoms with Gasteiger partial charge in [-0.1, -0.05) is 61.4 Å². The molecule has 4 aromatic rings. The third-order valence-electron chi connectivity index (χ3n) is 7.24. The summed E-state index contributed by atoms with van der Waals surface area (Å²) in [6.07, 6.45) is 2.77. The summed E-state index contributed by atoms with van der Waals surface area (Å²) in [4.78, 5) is 15.7. The minimum absolute atomic E-state index is 0.0513. The van der Waals surface area contributed by atoms with Gasteiger partial charge in [-0.15, -0.1) is 0 Å². The van der Waals surface area contributed by atoms with Crippen LogP contribution in [0.1, 0.15) is 58.5 Å². The van der Waals surface area contributed by atoms with E-state index in [1.807, 2.05) is 35.2 Å². The quantitative estimate of drug-likeness (QED) is 0.230. The van der Waals surface area contributed by atoms with E-state index in [0.29, 0.717) is 36.8 Å². The van der Waals surface area contributed by atoms with Crippen molar-refractivity contribution in [3.05, 3.63) is 94.7 Å². The van der Waals surface area contributed by atoms with Crippen LogP contribution in [0.5, 0.6) is 17.2 Å². The lowest BCUT2D eigenvalue weighted by molar-refractivity contribution is 0.0746. The Kier molecular flexibility index (Phi) is 7.87. The highest BCUT2D eigenvalue weighted by molar-refractivity contribution is 6.00. The van der Waals surface area contributed by atoms with E-state index < -0.39 is 0 Å². The number of carbonyl (C=O) groups excluding carboxylic acids is 1. The molecule has 2 heterocycles. The van der Waals surface area contributed by atoms with Gasteiger partial charge in [0.25, 0.3) is 5.91 Å². The molecule has 202 valence electrons. The minimum atomic E-state index is -0.271. The van der Waals surface area contributed by atoms with Crippen LogP contribution >= 0.6 is 0 Å². The number of methoxy groups -OCH3 is 2. The summed E-state index contributed by atoms with van der Waals surface area (Å²) in [6, 6.07) is 22.0. The van der Waals surface area contributed by atoms with E-state index in [1.54, 1.807) is 14.2 Å². The van der Waals surface area contributed by atoms with Crippen LogP contribution in [0.15, 0.2) is 66.7 Å². The number of hydrogen-bond acceptors (Lipinski definition) is 5. The average molecular weight is 526 g/mol. The lowest BCUT2D eigenvalue weighted by Crippen LogP contribution is -2.31. The molecule has 0 saturated heterocycles. The number of nitrogens with one attached hydrogen (secondary N) is 1. The van der Waals surface area contributed by atoms with Crippen LogP contribution in [0, 0.1) is 6.92 Å². The summed E-state index contributed by atoms with van der Waals surface area (Å²) in [6.45, 7) is 5.43. The van der Waals surface area contributed by atoms with Crippen molar-refractivity contribution in [1.82, 2.24) is 15.1 Å². The smallest absolute Gasteiger partial charge is 0.273 e. The predicted octanol–water partition coefficient (Wildman–Crippen LogP) is 6.37. The van der Waals surface area contributed by atoms with Gasteiger partial charge < -0.3 is 19.1 Å². The van der Waals surface area contributed by atoms with E-state index in [9.17, 15) is 4.79 Å². The Bertz CT molecular complexity index is 1430. The maximum Gasteiger partial charge on any atom is 0.273 e. The molecule has 5 rings (SSSR count). The molecular weight excluding hydrogens is 490 g/mol. The monoisotopic (exact) mass is 525 g/mol. The molecule has 1 aliphatic heterocycles. The van der Waals surface area contributed by atoms with Crippen molar-refractivity contribution in [2.75, 3.05) is 27.4 Å². The molecule has 1 N–H and O–H groups in total. The Balaban J connectivity index is 1.48. The SMILES string of the molecule is CCCCOc1ccc(C2c3c(-c4ccc(C)cc4)n[nH]c3C(=O)N2CCc2ccc(OC)c(OC)c2)cc1. The zero-order valence-electron chi connectivity index (χ0n) is 23.0. The Labute approximate surface area is 229 Å². The van der Waals surface area contributed by atoms with Crippen molar-refractivity contribution in [3.63, 3.8) is 0 Å². The number of aromatic amines is 1. The molecule has 0 fully saturated rings. The third kappa shape index (κ3) is 5.35. The molecule has 1 atom stereocenters. The number of rotatable bonds is 11. The standard InChI is InChI=1S/C32H35N3O4/c1-5-6-19-39-25-14-12-24(13-15-25)31-28-29(23-10-7-21(2)8-11-23)33-34-30(28)32(36)35(31)18-17-22-9-16-26(37-3)27(20-22)38-4/h7-16,20,31H,5-6,17-19H2,1-4H3,(H,33,34). The fraction of sp³-hybridized carbons (Fsp3) is 0.312. The fourth-order valence-corrected chi connectivity index (χ4v) is 5.07. The molecule has 0 spiro atoms. The van der Waals surface area contributed by atoms with Crippen LogP contribution in [0.3, 0.4) is 0 Å². The molecule has 0 radical (unpaired) electrons. The lowest BCUT2D eigenvalue weighted by atomic mass is 9.95. The van der Waals surface area contributed by atoms with Crippen molar-refractivity contribution in [2.24, 2.45) is 0 Å². The summed E-state index contributed by atoms with van der Waals surface area (Å²) in [5, 5.41) is 7.65. The predicted molar refractivity (Wildman–Crippen MR) is 152 cm³/mol. The number of aromatic nitrogens is 2. The molecule has 1 amide bonds. The van der Waals surface area contributed by atoms with E-state index in [-0.39, 0.29) is 11.9 Å². The molecule has 1 aliphatic rings. The Hall–Kier alpha value is -4.26. The Morgan fingerprint density at radius 3 is 2.38 bits per heavy atom. The second kappa shape index (κ2) is 11.6. The van der Waals surface area contributed by atoms with Crippen LogP contribution in [0.25, 0.3) is 11.3 Å². The molecule has 39 heavy (non-hydrogen) atoms. The van der Waals surface area contributed by atoms with Crippen LogP contribution in [0.2, 0.25) is 0 Å². The molecule has 1 aromatic heterocycles. The van der Waals surface area contributed by atoms with Crippen molar-refractivity contribution >= 4 is 5.91 Å². The molecule has 1 unspecified atom stereocenters. The van der Waals surface area contributed by atoms with Gasteiger partial charge in [0.15, 0.2) is 11.5 Å². The molecule has 7 nitrogen and oxygen atoms in total. The third-order valence-corrected chi connectivity index (χ3v) is 7.24. The van der Waals surface area contributed by atoms with Gasteiger partial charge in [0, 0.05) is 17.7 Å². The van der Waals surface area contributed by atoms with E-state index in [0.717, 1.165) is 46.5 Å². The minimum Gasteiger partial charge on any atom is -0.494 e. The van der Waals surface area contributed by atoms with Crippen LogP contribution < -0.4 is 14.2 Å². The molecule has 0 aliphatic carbocycles. The number of fused-ring (bicyclic) bond motifs is 1. The van der Waals surface area contributed by atoms with Crippen LogP contribution in [-0.2, 0) is 6.42 Å². The summed E-state index contributed by atoms with van der Waals surface area (Å²) in [5.74, 6) is 2.14. The summed E-state index contributed by atoms with van der Waals surface area (Å²) < 4.78 is 16.8. The van der Waals surface area contributed by atoms with Gasteiger partial charge in [0.1, 0.15) is 11.4 Å². The topological polar surface area (TPSA) is 76.7 Å². The Morgan fingerprint density at radius 2 is 1.69 bits per heavy atom. The number of unbranched alkanes of at least 4 members (excludes halogenated alkanes) is 1. The van der Waals surface area contributed by atoms with Gasteiger partial charge in [-0.25, -0.2) is 0 Å². The number of nitrogens with zero attached hydrogens (tertiary/aromatic N) is 2. The number of ether oxygens (including phenoxy) is 3. The van der Waals surface area contributed by atoms with E-state index >= 15 is 0 Å². The first-order valence-corrected chi connectivity index (χ1v) is 13.4. The van der Waals surface area contributed by atoms with E-state index in [1.165, 1.54) is 5.56 Å². The maximum absolute atomic E-state index is 13.8. The normalized spacial score (nSPS) is 14.4. The second-order valence-electron chi connectivity index (χ2n) is 9.84. The number of amides is 1. The zero-order chi connectivity index (χ0) is 27.4. The van der Waals surface area contributed by atoms with E-state index in [4.69, 9.17) is 14.2 Å². The highest BCUT2D eigenvalue weighted by Gasteiger charge is 2.42. The van der Waals surface area contributed by atoms with Crippen LogP contribution in [-0.4, -0.2) is 48.4 Å². The van der Waals surface area contributed by atoms with Gasteiger partial charge >= 0.3 is 0 Å². The number of hydrogen-bond donors (Lipinski definition) is 1. The zero-order valence-corrected chi connectivity index (χ0v) is 23.0. The summed E-state index contributed by atoms with van der Waals surface area (Å²) in [5.41, 5.74) is 6.51. The largest absolute Gasteiger partial charge is 0.494 e. The molecular formula is C32H35N3O4. The van der Waals surface area contributed by atoms with Gasteiger partial charge in [-0.05, 0) is 55.2 Å². The lowest BCUT2D eigenvalue weighted by Gasteiger charge is -2.27. The van der Waals surface area contributed by atoms with Gasteiger partial charge in [0.05, 0.1) is 32.6 Å². The van der Waals surface area contributed by atoms with Gasteiger partial charge in [-0.2, -0.15) is 5.10 Å². The first-order chi connectivity index (χ1) is 19.0.